The first-order valence-electron chi connectivity index (χ1n) is 5.89. The number of hydrogen-bond donors (Lipinski definition) is 1. The van der Waals surface area contributed by atoms with Crippen molar-refractivity contribution in [1.29, 1.82) is 0 Å². The van der Waals surface area contributed by atoms with Gasteiger partial charge in [0.1, 0.15) is 0 Å². The lowest BCUT2D eigenvalue weighted by molar-refractivity contribution is 0.0908. The zero-order valence-electron chi connectivity index (χ0n) is 9.17. The molecule has 82 valence electrons. The first-order chi connectivity index (χ1) is 6.86. The van der Waals surface area contributed by atoms with Gasteiger partial charge in [-0.15, -0.1) is 0 Å². The van der Waals surface area contributed by atoms with Crippen LogP contribution in [0.2, 0.25) is 0 Å². The van der Waals surface area contributed by atoms with Crippen LogP contribution in [-0.4, -0.2) is 50.3 Å². The van der Waals surface area contributed by atoms with Crippen LogP contribution in [0.1, 0.15) is 25.7 Å². The van der Waals surface area contributed by atoms with Crippen LogP contribution < -0.4 is 5.32 Å². The van der Waals surface area contributed by atoms with Crippen molar-refractivity contribution < 1.29 is 4.74 Å². The molecule has 2 heterocycles. The van der Waals surface area contributed by atoms with E-state index in [1.54, 1.807) is 0 Å². The Hall–Kier alpha value is -0.120. The third-order valence-corrected chi connectivity index (χ3v) is 3.49. The molecule has 2 atom stereocenters. The summed E-state index contributed by atoms with van der Waals surface area (Å²) in [6.45, 7) is 4.54. The maximum atomic E-state index is 5.62. The van der Waals surface area contributed by atoms with Gasteiger partial charge < -0.3 is 15.0 Å². The lowest BCUT2D eigenvalue weighted by Crippen LogP contribution is -2.35. The van der Waals surface area contributed by atoms with E-state index in [1.807, 2.05) is 0 Å². The molecule has 2 aliphatic heterocycles. The minimum absolute atomic E-state index is 0.548. The first-order valence-corrected chi connectivity index (χ1v) is 5.89. The maximum Gasteiger partial charge on any atom is 0.0588 e. The summed E-state index contributed by atoms with van der Waals surface area (Å²) in [5.41, 5.74) is 0. The Balaban J connectivity index is 1.63. The number of nitrogens with one attached hydrogen (secondary N) is 1. The molecule has 0 bridgehead atoms. The van der Waals surface area contributed by atoms with E-state index in [1.165, 1.54) is 45.3 Å². The molecule has 2 aliphatic rings. The number of ether oxygens (including phenoxy) is 1. The van der Waals surface area contributed by atoms with Crippen molar-refractivity contribution in [1.82, 2.24) is 10.2 Å². The molecule has 0 aliphatic carbocycles. The molecule has 2 unspecified atom stereocenters. The topological polar surface area (TPSA) is 24.5 Å². The molecule has 3 nitrogen and oxygen atoms in total. The van der Waals surface area contributed by atoms with Crippen LogP contribution in [0.25, 0.3) is 0 Å². The average molecular weight is 198 g/mol. The van der Waals surface area contributed by atoms with Gasteiger partial charge in [0, 0.05) is 25.7 Å². The van der Waals surface area contributed by atoms with Gasteiger partial charge in [0.05, 0.1) is 6.10 Å². The highest BCUT2D eigenvalue weighted by molar-refractivity contribution is 4.79. The summed E-state index contributed by atoms with van der Waals surface area (Å²) in [4.78, 5) is 2.49. The van der Waals surface area contributed by atoms with Crippen LogP contribution >= 0.6 is 0 Å². The quantitative estimate of drug-likeness (QED) is 0.725. The van der Waals surface area contributed by atoms with Crippen molar-refractivity contribution in [3.8, 4) is 0 Å². The van der Waals surface area contributed by atoms with Crippen LogP contribution in [0.4, 0.5) is 0 Å². The molecule has 0 radical (unpaired) electrons. The first kappa shape index (κ1) is 10.4. The molecular formula is C11H22N2O. The van der Waals surface area contributed by atoms with Gasteiger partial charge in [0.25, 0.3) is 0 Å². The van der Waals surface area contributed by atoms with Gasteiger partial charge in [-0.05, 0) is 39.3 Å². The summed E-state index contributed by atoms with van der Waals surface area (Å²) in [5, 5.41) is 3.41. The molecule has 0 aromatic heterocycles. The zero-order chi connectivity index (χ0) is 9.80. The summed E-state index contributed by atoms with van der Waals surface area (Å²) >= 11 is 0. The second-order valence-corrected chi connectivity index (χ2v) is 4.55. The van der Waals surface area contributed by atoms with Crippen LogP contribution in [0.15, 0.2) is 0 Å². The number of rotatable bonds is 4. The van der Waals surface area contributed by atoms with Gasteiger partial charge in [-0.25, -0.2) is 0 Å². The van der Waals surface area contributed by atoms with E-state index >= 15 is 0 Å². The smallest absolute Gasteiger partial charge is 0.0588 e. The second kappa shape index (κ2) is 5.10. The van der Waals surface area contributed by atoms with Crippen molar-refractivity contribution >= 4 is 0 Å². The van der Waals surface area contributed by atoms with Gasteiger partial charge in [-0.1, -0.05) is 0 Å². The summed E-state index contributed by atoms with van der Waals surface area (Å²) in [5.74, 6) is 0. The van der Waals surface area contributed by atoms with Crippen molar-refractivity contribution in [2.24, 2.45) is 0 Å². The minimum Gasteiger partial charge on any atom is -0.378 e. The fourth-order valence-corrected chi connectivity index (χ4v) is 2.42. The molecule has 2 saturated heterocycles. The SMILES string of the molecule is CN(CCC1CCCO1)C1CCNC1. The third kappa shape index (κ3) is 2.69. The van der Waals surface area contributed by atoms with Crippen molar-refractivity contribution in [3.63, 3.8) is 0 Å². The molecule has 14 heavy (non-hydrogen) atoms. The molecule has 3 heteroatoms. The lowest BCUT2D eigenvalue weighted by atomic mass is 10.1. The molecule has 0 aromatic rings. The fraction of sp³-hybridized carbons (Fsp3) is 1.00. The number of hydrogen-bond acceptors (Lipinski definition) is 3. The Morgan fingerprint density at radius 1 is 1.43 bits per heavy atom. The third-order valence-electron chi connectivity index (χ3n) is 3.49. The normalized spacial score (nSPS) is 33.0. The van der Waals surface area contributed by atoms with E-state index in [9.17, 15) is 0 Å². The molecule has 0 amide bonds. The molecule has 0 saturated carbocycles. The fourth-order valence-electron chi connectivity index (χ4n) is 2.42. The van der Waals surface area contributed by atoms with Crippen LogP contribution in [-0.2, 0) is 4.74 Å². The van der Waals surface area contributed by atoms with Crippen LogP contribution in [0, 0.1) is 0 Å². The largest absolute Gasteiger partial charge is 0.378 e. The summed E-state index contributed by atoms with van der Waals surface area (Å²) in [6.07, 6.45) is 5.61. The van der Waals surface area contributed by atoms with Crippen molar-refractivity contribution in [2.75, 3.05) is 33.3 Å². The lowest BCUT2D eigenvalue weighted by Gasteiger charge is -2.24. The van der Waals surface area contributed by atoms with Gasteiger partial charge in [-0.2, -0.15) is 0 Å². The van der Waals surface area contributed by atoms with Crippen LogP contribution in [0.5, 0.6) is 0 Å². The molecule has 1 N–H and O–H groups in total. The number of nitrogens with zero attached hydrogens (tertiary/aromatic N) is 1. The van der Waals surface area contributed by atoms with Gasteiger partial charge >= 0.3 is 0 Å². The summed E-state index contributed by atoms with van der Waals surface area (Å²) < 4.78 is 5.62. The Morgan fingerprint density at radius 2 is 2.36 bits per heavy atom. The monoisotopic (exact) mass is 198 g/mol. The molecule has 0 spiro atoms. The number of likely N-dealkylation sites (N-methyl/N-ethyl adjacent to an activating group) is 1. The van der Waals surface area contributed by atoms with Crippen LogP contribution in [0.3, 0.4) is 0 Å². The molecule has 2 fully saturated rings. The molecule has 0 aromatic carbocycles. The highest BCUT2D eigenvalue weighted by Crippen LogP contribution is 2.16. The van der Waals surface area contributed by atoms with Crippen molar-refractivity contribution in [3.05, 3.63) is 0 Å². The van der Waals surface area contributed by atoms with Gasteiger partial charge in [0.15, 0.2) is 0 Å². The Labute approximate surface area is 86.8 Å². The second-order valence-electron chi connectivity index (χ2n) is 4.55. The zero-order valence-corrected chi connectivity index (χ0v) is 9.17. The Bertz CT molecular complexity index is 163. The van der Waals surface area contributed by atoms with Gasteiger partial charge in [-0.3, -0.25) is 0 Å². The molecular weight excluding hydrogens is 176 g/mol. The molecule has 2 rings (SSSR count). The minimum atomic E-state index is 0.548. The highest BCUT2D eigenvalue weighted by atomic mass is 16.5. The summed E-state index contributed by atoms with van der Waals surface area (Å²) in [7, 11) is 2.24. The maximum absolute atomic E-state index is 5.62. The van der Waals surface area contributed by atoms with E-state index < -0.39 is 0 Å². The standard InChI is InChI=1S/C11H22N2O/c1-13(10-4-6-12-9-10)7-5-11-3-2-8-14-11/h10-12H,2-9H2,1H3. The Morgan fingerprint density at radius 3 is 3.00 bits per heavy atom. The highest BCUT2D eigenvalue weighted by Gasteiger charge is 2.21. The predicted molar refractivity (Wildman–Crippen MR) is 57.5 cm³/mol. The van der Waals surface area contributed by atoms with Gasteiger partial charge in [0.2, 0.25) is 0 Å². The van der Waals surface area contributed by atoms with E-state index in [-0.39, 0.29) is 0 Å². The Kier molecular flexibility index (Phi) is 3.79. The van der Waals surface area contributed by atoms with Crippen molar-refractivity contribution in [2.45, 2.75) is 37.8 Å². The van der Waals surface area contributed by atoms with E-state index in [0.29, 0.717) is 6.10 Å². The van der Waals surface area contributed by atoms with E-state index in [2.05, 4.69) is 17.3 Å². The van der Waals surface area contributed by atoms with E-state index in [4.69, 9.17) is 4.74 Å². The predicted octanol–water partition coefficient (Wildman–Crippen LogP) is 0.849. The average Bonchev–Trinajstić information content (AvgIpc) is 2.87. The summed E-state index contributed by atoms with van der Waals surface area (Å²) in [6, 6.07) is 0.761. The van der Waals surface area contributed by atoms with E-state index in [0.717, 1.165) is 12.6 Å².